The molecule has 238 valence electrons. The number of fused-ring (bicyclic) bond motifs is 1. The van der Waals surface area contributed by atoms with Gasteiger partial charge in [-0.3, -0.25) is 0 Å². The Morgan fingerprint density at radius 3 is 2.35 bits per heavy atom. The van der Waals surface area contributed by atoms with Crippen molar-refractivity contribution >= 4 is 18.0 Å². The molecule has 0 radical (unpaired) electrons. The Morgan fingerprint density at radius 1 is 1.02 bits per heavy atom. The second-order valence-electron chi connectivity index (χ2n) is 10.6. The minimum Gasteiger partial charge on any atom is -0.493 e. The Morgan fingerprint density at radius 2 is 1.72 bits per heavy atom. The number of aliphatic hydroxyl groups is 6. The molecule has 6 N–H and O–H groups in total. The molecular weight excluding hydrogens is 576 g/mol. The van der Waals surface area contributed by atoms with E-state index in [0.717, 1.165) is 19.4 Å². The number of aliphatic hydroxyl groups excluding tert-OH is 4. The number of ether oxygens (including phenoxy) is 7. The molecule has 3 aliphatic rings. The first-order valence-electron chi connectivity index (χ1n) is 13.3. The summed E-state index contributed by atoms with van der Waals surface area (Å²) >= 11 is 0. The van der Waals surface area contributed by atoms with Crippen LogP contribution in [0.3, 0.4) is 0 Å². The molecule has 0 unspecified atom stereocenters. The van der Waals surface area contributed by atoms with Gasteiger partial charge in [0.25, 0.3) is 0 Å². The van der Waals surface area contributed by atoms with Gasteiger partial charge in [-0.15, -0.1) is 0 Å². The minimum absolute atomic E-state index is 0.395. The maximum absolute atomic E-state index is 12.8. The summed E-state index contributed by atoms with van der Waals surface area (Å²) in [7, 11) is 4.01. The summed E-state index contributed by atoms with van der Waals surface area (Å²) < 4.78 is 37.3. The van der Waals surface area contributed by atoms with Crippen LogP contribution in [0, 0.1) is 5.92 Å². The van der Waals surface area contributed by atoms with Gasteiger partial charge in [0, 0.05) is 12.5 Å². The fourth-order valence-electron chi connectivity index (χ4n) is 5.61. The molecule has 0 bridgehead atoms. The number of carbonyl (C=O) groups is 2. The third-order valence-electron chi connectivity index (χ3n) is 7.95. The van der Waals surface area contributed by atoms with E-state index in [0.29, 0.717) is 17.1 Å². The van der Waals surface area contributed by atoms with E-state index in [1.165, 1.54) is 27.2 Å². The highest BCUT2D eigenvalue weighted by molar-refractivity contribution is 5.91. The molecule has 0 amide bonds. The number of esters is 2. The van der Waals surface area contributed by atoms with Crippen LogP contribution in [-0.4, -0.2) is 125 Å². The van der Waals surface area contributed by atoms with Crippen LogP contribution in [0.4, 0.5) is 0 Å². The lowest BCUT2D eigenvalue weighted by molar-refractivity contribution is -0.352. The molecule has 4 rings (SSSR count). The van der Waals surface area contributed by atoms with Gasteiger partial charge in [-0.2, -0.15) is 0 Å². The predicted molar refractivity (Wildman–Crippen MR) is 142 cm³/mol. The van der Waals surface area contributed by atoms with Crippen LogP contribution >= 0.6 is 0 Å². The molecular formula is C28H36O15. The fourth-order valence-corrected chi connectivity index (χ4v) is 5.61. The summed E-state index contributed by atoms with van der Waals surface area (Å²) in [5.74, 6) is -2.51. The van der Waals surface area contributed by atoms with Crippen molar-refractivity contribution in [3.05, 3.63) is 41.7 Å². The van der Waals surface area contributed by atoms with E-state index in [-0.39, 0.29) is 0 Å². The second kappa shape index (κ2) is 12.8. The van der Waals surface area contributed by atoms with Crippen molar-refractivity contribution in [2.75, 3.05) is 27.9 Å². The highest BCUT2D eigenvalue weighted by atomic mass is 16.8. The van der Waals surface area contributed by atoms with E-state index < -0.39 is 90.8 Å². The van der Waals surface area contributed by atoms with Gasteiger partial charge in [0.2, 0.25) is 6.29 Å². The van der Waals surface area contributed by atoms with Gasteiger partial charge in [-0.05, 0) is 30.7 Å². The van der Waals surface area contributed by atoms with E-state index in [1.54, 1.807) is 18.2 Å². The molecule has 10 atom stereocenters. The van der Waals surface area contributed by atoms with Crippen LogP contribution in [0.2, 0.25) is 0 Å². The van der Waals surface area contributed by atoms with E-state index in [1.807, 2.05) is 0 Å². The van der Waals surface area contributed by atoms with Crippen LogP contribution in [0.5, 0.6) is 11.5 Å². The summed E-state index contributed by atoms with van der Waals surface area (Å²) in [4.78, 5) is 25.4. The molecule has 2 heterocycles. The van der Waals surface area contributed by atoms with E-state index in [2.05, 4.69) is 0 Å². The first-order chi connectivity index (χ1) is 20.3. The predicted octanol–water partition coefficient (Wildman–Crippen LogP) is -1.64. The molecule has 43 heavy (non-hydrogen) atoms. The Labute approximate surface area is 246 Å². The van der Waals surface area contributed by atoms with Gasteiger partial charge in [-0.1, -0.05) is 6.07 Å². The largest absolute Gasteiger partial charge is 0.493 e. The maximum Gasteiger partial charge on any atom is 0.339 e. The lowest BCUT2D eigenvalue weighted by Crippen LogP contribution is -2.62. The molecule has 1 aromatic rings. The van der Waals surface area contributed by atoms with Gasteiger partial charge in [0.15, 0.2) is 17.8 Å². The normalized spacial score (nSPS) is 37.2. The Kier molecular flexibility index (Phi) is 9.68. The van der Waals surface area contributed by atoms with E-state index in [4.69, 9.17) is 33.2 Å². The molecule has 2 aliphatic heterocycles. The smallest absolute Gasteiger partial charge is 0.339 e. The average Bonchev–Trinajstić information content (AvgIpc) is 3.20. The molecule has 1 saturated carbocycles. The molecule has 0 spiro atoms. The zero-order valence-electron chi connectivity index (χ0n) is 23.9. The Balaban J connectivity index is 1.59. The molecule has 0 aromatic heterocycles. The van der Waals surface area contributed by atoms with Crippen LogP contribution in [-0.2, 0) is 33.3 Å². The van der Waals surface area contributed by atoms with Crippen molar-refractivity contribution in [3.63, 3.8) is 0 Å². The maximum atomic E-state index is 12.8. The number of methoxy groups -OCH3 is 3. The van der Waals surface area contributed by atoms with Gasteiger partial charge < -0.3 is 63.8 Å². The second-order valence-corrected chi connectivity index (χ2v) is 10.6. The summed E-state index contributed by atoms with van der Waals surface area (Å²) in [6, 6.07) is 4.93. The van der Waals surface area contributed by atoms with Crippen LogP contribution in [0.1, 0.15) is 18.9 Å². The van der Waals surface area contributed by atoms with Crippen molar-refractivity contribution in [2.45, 2.75) is 67.6 Å². The van der Waals surface area contributed by atoms with Crippen molar-refractivity contribution < 1.29 is 73.4 Å². The highest BCUT2D eigenvalue weighted by Crippen LogP contribution is 2.53. The molecule has 15 nitrogen and oxygen atoms in total. The monoisotopic (exact) mass is 612 g/mol. The zero-order chi connectivity index (χ0) is 31.7. The third-order valence-corrected chi connectivity index (χ3v) is 7.95. The van der Waals surface area contributed by atoms with Crippen molar-refractivity contribution in [3.8, 4) is 11.5 Å². The number of hydrogen-bond acceptors (Lipinski definition) is 15. The summed E-state index contributed by atoms with van der Waals surface area (Å²) in [6.45, 7) is 0.501. The lowest BCUT2D eigenvalue weighted by Gasteiger charge is -2.46. The van der Waals surface area contributed by atoms with Crippen molar-refractivity contribution in [2.24, 2.45) is 5.92 Å². The molecule has 1 aromatic carbocycles. The number of benzene rings is 1. The molecule has 15 heteroatoms. The summed E-state index contributed by atoms with van der Waals surface area (Å²) in [5.41, 5.74) is -4.18. The summed E-state index contributed by atoms with van der Waals surface area (Å²) in [5, 5.41) is 63.6. The number of hydrogen-bond donors (Lipinski definition) is 6. The highest BCUT2D eigenvalue weighted by Gasteiger charge is 2.69. The van der Waals surface area contributed by atoms with Gasteiger partial charge in [0.05, 0.1) is 40.1 Å². The number of rotatable bonds is 9. The van der Waals surface area contributed by atoms with Crippen LogP contribution in [0.25, 0.3) is 6.08 Å². The quantitative estimate of drug-likeness (QED) is 0.136. The van der Waals surface area contributed by atoms with E-state index >= 15 is 0 Å². The average molecular weight is 613 g/mol. The van der Waals surface area contributed by atoms with Crippen molar-refractivity contribution in [1.29, 1.82) is 0 Å². The number of carbonyl (C=O) groups excluding carboxylic acids is 2. The SMILES string of the molecule is COC(=O)C1=CO[C@H](O[C@@H]2O[C@H](CO)[C@@H](O)[C@H](O)[C@@H]2O)[C@H]2[C@](C)(O)[C@H](OC(=O)C=Cc3ccc(OC)c(OC)c3)C[C@@]12O. The third kappa shape index (κ3) is 6.07. The fraction of sp³-hybridized carbons (Fsp3) is 0.571. The Hall–Kier alpha value is -3.28. The van der Waals surface area contributed by atoms with Crippen LogP contribution < -0.4 is 9.47 Å². The molecule has 1 aliphatic carbocycles. The standard InChI is InChI=1S/C28H36O15/c1-27(35)18(42-19(30)8-6-13-5-7-15(37-2)16(9-13)38-3)10-28(36)14(24(34)39-4)12-40-26(23(27)28)43-25-22(33)21(32)20(31)17(11-29)41-25/h5-9,12,17-18,20-23,25-26,29,31-33,35-36H,10-11H2,1-4H3/t17-,18-,20-,21+,22+,23+,25+,26-,27-,28-/m1/s1. The Bertz CT molecular complexity index is 1240. The molecule has 1 saturated heterocycles. The first kappa shape index (κ1) is 32.6. The lowest BCUT2D eigenvalue weighted by atomic mass is 9.77. The first-order valence-corrected chi connectivity index (χ1v) is 13.3. The van der Waals surface area contributed by atoms with Gasteiger partial charge >= 0.3 is 11.9 Å². The van der Waals surface area contributed by atoms with E-state index in [9.17, 15) is 40.2 Å². The van der Waals surface area contributed by atoms with Crippen molar-refractivity contribution in [1.82, 2.24) is 0 Å². The van der Waals surface area contributed by atoms with Gasteiger partial charge in [0.1, 0.15) is 47.3 Å². The minimum atomic E-state index is -2.23. The zero-order valence-corrected chi connectivity index (χ0v) is 23.9. The topological polar surface area (TPSA) is 220 Å². The molecule has 2 fully saturated rings. The van der Waals surface area contributed by atoms with Gasteiger partial charge in [-0.25, -0.2) is 9.59 Å². The summed E-state index contributed by atoms with van der Waals surface area (Å²) in [6.07, 6.45) is -8.48. The van der Waals surface area contributed by atoms with Crippen LogP contribution in [0.15, 0.2) is 36.1 Å².